The van der Waals surface area contributed by atoms with Crippen LogP contribution in [0.4, 0.5) is 0 Å². The maximum Gasteiger partial charge on any atom is 0.243 e. The van der Waals surface area contributed by atoms with Gasteiger partial charge in [-0.3, -0.25) is 4.90 Å². The first-order valence-corrected chi connectivity index (χ1v) is 10.5. The molecule has 2 aliphatic heterocycles. The summed E-state index contributed by atoms with van der Waals surface area (Å²) in [5, 5.41) is 0. The predicted octanol–water partition coefficient (Wildman–Crippen LogP) is 2.44. The van der Waals surface area contributed by atoms with Crippen molar-refractivity contribution in [3.05, 3.63) is 59.2 Å². The standard InChI is InChI=1S/C20H24N2O3S/c1-16-2-5-19(6-3-16)26(23,24)22-11-9-21(10-12-22)15-17-4-7-20-18(14-17)8-13-25-20/h2-7,14H,8-13,15H2,1H3. The molecule has 4 rings (SSSR count). The van der Waals surface area contributed by atoms with E-state index in [2.05, 4.69) is 23.1 Å². The zero-order valence-corrected chi connectivity index (χ0v) is 15.8. The maximum absolute atomic E-state index is 12.8. The van der Waals surface area contributed by atoms with Crippen molar-refractivity contribution < 1.29 is 13.2 Å². The van der Waals surface area contributed by atoms with Crippen molar-refractivity contribution in [2.75, 3.05) is 32.8 Å². The van der Waals surface area contributed by atoms with Crippen molar-refractivity contribution in [1.82, 2.24) is 9.21 Å². The highest BCUT2D eigenvalue weighted by Crippen LogP contribution is 2.26. The third-order valence-corrected chi connectivity index (χ3v) is 7.06. The summed E-state index contributed by atoms with van der Waals surface area (Å²) < 4.78 is 32.7. The third-order valence-electron chi connectivity index (χ3n) is 5.15. The van der Waals surface area contributed by atoms with Gasteiger partial charge in [0.2, 0.25) is 10.0 Å². The summed E-state index contributed by atoms with van der Waals surface area (Å²) in [6.45, 7) is 6.15. The number of ether oxygens (including phenoxy) is 1. The summed E-state index contributed by atoms with van der Waals surface area (Å²) in [4.78, 5) is 2.70. The van der Waals surface area contributed by atoms with Crippen molar-refractivity contribution in [2.45, 2.75) is 24.8 Å². The first-order valence-electron chi connectivity index (χ1n) is 9.06. The van der Waals surface area contributed by atoms with E-state index in [9.17, 15) is 8.42 Å². The zero-order chi connectivity index (χ0) is 18.1. The Bertz CT molecular complexity index is 886. The summed E-state index contributed by atoms with van der Waals surface area (Å²) in [6.07, 6.45) is 0.978. The highest BCUT2D eigenvalue weighted by Gasteiger charge is 2.28. The van der Waals surface area contributed by atoms with Crippen LogP contribution >= 0.6 is 0 Å². The molecule has 0 radical (unpaired) electrons. The summed E-state index contributed by atoms with van der Waals surface area (Å²) in [5.41, 5.74) is 3.61. The molecule has 0 amide bonds. The van der Waals surface area contributed by atoms with E-state index in [-0.39, 0.29) is 0 Å². The fourth-order valence-electron chi connectivity index (χ4n) is 3.58. The zero-order valence-electron chi connectivity index (χ0n) is 15.0. The molecule has 6 heteroatoms. The molecule has 2 aliphatic rings. The van der Waals surface area contributed by atoms with E-state index < -0.39 is 10.0 Å². The molecule has 138 valence electrons. The molecule has 5 nitrogen and oxygen atoms in total. The van der Waals surface area contributed by atoms with Crippen molar-refractivity contribution in [2.24, 2.45) is 0 Å². The number of rotatable bonds is 4. The van der Waals surface area contributed by atoms with Gasteiger partial charge in [-0.25, -0.2) is 8.42 Å². The molecule has 2 heterocycles. The fourth-order valence-corrected chi connectivity index (χ4v) is 5.01. The number of benzene rings is 2. The Kier molecular flexibility index (Phi) is 4.73. The van der Waals surface area contributed by atoms with E-state index in [1.165, 1.54) is 11.1 Å². The van der Waals surface area contributed by atoms with Crippen LogP contribution in [0.3, 0.4) is 0 Å². The van der Waals surface area contributed by atoms with Crippen LogP contribution in [0.2, 0.25) is 0 Å². The van der Waals surface area contributed by atoms with Gasteiger partial charge in [0.1, 0.15) is 5.75 Å². The molecule has 2 aromatic rings. The number of hydrogen-bond donors (Lipinski definition) is 0. The van der Waals surface area contributed by atoms with Crippen LogP contribution in [0.1, 0.15) is 16.7 Å². The Morgan fingerprint density at radius 2 is 1.73 bits per heavy atom. The van der Waals surface area contributed by atoms with E-state index in [1.807, 2.05) is 19.1 Å². The van der Waals surface area contributed by atoms with E-state index >= 15 is 0 Å². The third kappa shape index (κ3) is 3.49. The lowest BCUT2D eigenvalue weighted by Gasteiger charge is -2.34. The molecule has 0 unspecified atom stereocenters. The molecular weight excluding hydrogens is 348 g/mol. The van der Waals surface area contributed by atoms with Gasteiger partial charge in [0.05, 0.1) is 11.5 Å². The van der Waals surface area contributed by atoms with Crippen LogP contribution < -0.4 is 4.74 Å². The second kappa shape index (κ2) is 7.02. The van der Waals surface area contributed by atoms with E-state index in [0.717, 1.165) is 44.0 Å². The second-order valence-electron chi connectivity index (χ2n) is 7.03. The van der Waals surface area contributed by atoms with Crippen LogP contribution in [-0.2, 0) is 23.0 Å². The van der Waals surface area contributed by atoms with E-state index in [0.29, 0.717) is 18.0 Å². The minimum absolute atomic E-state index is 0.384. The van der Waals surface area contributed by atoms with Crippen molar-refractivity contribution in [1.29, 1.82) is 0 Å². The van der Waals surface area contributed by atoms with Crippen LogP contribution in [0.5, 0.6) is 5.75 Å². The molecule has 0 spiro atoms. The molecule has 0 aliphatic carbocycles. The summed E-state index contributed by atoms with van der Waals surface area (Å²) in [5.74, 6) is 1.00. The summed E-state index contributed by atoms with van der Waals surface area (Å²) in [6, 6.07) is 13.5. The van der Waals surface area contributed by atoms with Crippen LogP contribution in [0.15, 0.2) is 47.4 Å². The van der Waals surface area contributed by atoms with Crippen LogP contribution in [-0.4, -0.2) is 50.4 Å². The first-order chi connectivity index (χ1) is 12.5. The lowest BCUT2D eigenvalue weighted by Crippen LogP contribution is -2.48. The molecule has 26 heavy (non-hydrogen) atoms. The van der Waals surface area contributed by atoms with Crippen molar-refractivity contribution in [3.8, 4) is 5.75 Å². The Hall–Kier alpha value is -1.89. The number of hydrogen-bond acceptors (Lipinski definition) is 4. The molecule has 1 fully saturated rings. The highest BCUT2D eigenvalue weighted by atomic mass is 32.2. The number of sulfonamides is 1. The smallest absolute Gasteiger partial charge is 0.243 e. The van der Waals surface area contributed by atoms with Crippen LogP contribution in [0, 0.1) is 6.92 Å². The van der Waals surface area contributed by atoms with Gasteiger partial charge in [0, 0.05) is 39.1 Å². The van der Waals surface area contributed by atoms with Gasteiger partial charge in [0.25, 0.3) is 0 Å². The highest BCUT2D eigenvalue weighted by molar-refractivity contribution is 7.89. The van der Waals surface area contributed by atoms with Gasteiger partial charge in [-0.15, -0.1) is 0 Å². The average Bonchev–Trinajstić information content (AvgIpc) is 3.10. The minimum Gasteiger partial charge on any atom is -0.493 e. The SMILES string of the molecule is Cc1ccc(S(=O)(=O)N2CCN(Cc3ccc4c(c3)CCO4)CC2)cc1. The minimum atomic E-state index is -3.39. The molecule has 0 N–H and O–H groups in total. The monoisotopic (exact) mass is 372 g/mol. The maximum atomic E-state index is 12.8. The summed E-state index contributed by atoms with van der Waals surface area (Å²) >= 11 is 0. The van der Waals surface area contributed by atoms with E-state index in [1.54, 1.807) is 16.4 Å². The van der Waals surface area contributed by atoms with Crippen molar-refractivity contribution in [3.63, 3.8) is 0 Å². The summed E-state index contributed by atoms with van der Waals surface area (Å²) in [7, 11) is -3.39. The van der Waals surface area contributed by atoms with Gasteiger partial charge < -0.3 is 4.74 Å². The van der Waals surface area contributed by atoms with Gasteiger partial charge in [0.15, 0.2) is 0 Å². The van der Waals surface area contributed by atoms with E-state index in [4.69, 9.17) is 4.74 Å². The Morgan fingerprint density at radius 1 is 1.00 bits per heavy atom. The Morgan fingerprint density at radius 3 is 2.46 bits per heavy atom. The molecule has 0 bridgehead atoms. The number of fused-ring (bicyclic) bond motifs is 1. The van der Waals surface area contributed by atoms with Crippen molar-refractivity contribution >= 4 is 10.0 Å². The number of nitrogens with zero attached hydrogens (tertiary/aromatic N) is 2. The van der Waals surface area contributed by atoms with Crippen LogP contribution in [0.25, 0.3) is 0 Å². The molecule has 1 saturated heterocycles. The number of aryl methyl sites for hydroxylation is 1. The first kappa shape index (κ1) is 17.5. The second-order valence-corrected chi connectivity index (χ2v) is 8.97. The Balaban J connectivity index is 1.38. The topological polar surface area (TPSA) is 49.9 Å². The van der Waals surface area contributed by atoms with Gasteiger partial charge in [-0.05, 0) is 36.2 Å². The number of piperazine rings is 1. The Labute approximate surface area is 155 Å². The molecular formula is C20H24N2O3S. The molecule has 0 saturated carbocycles. The van der Waals surface area contributed by atoms with Gasteiger partial charge in [-0.2, -0.15) is 4.31 Å². The lowest BCUT2D eigenvalue weighted by atomic mass is 10.1. The fraction of sp³-hybridized carbons (Fsp3) is 0.400. The van der Waals surface area contributed by atoms with Gasteiger partial charge in [-0.1, -0.05) is 29.8 Å². The quantitative estimate of drug-likeness (QED) is 0.827. The van der Waals surface area contributed by atoms with Gasteiger partial charge >= 0.3 is 0 Å². The largest absolute Gasteiger partial charge is 0.493 e. The molecule has 2 aromatic carbocycles. The predicted molar refractivity (Wildman–Crippen MR) is 101 cm³/mol. The average molecular weight is 372 g/mol. The normalized spacial score (nSPS) is 18.5. The lowest BCUT2D eigenvalue weighted by molar-refractivity contribution is 0.181. The molecule has 0 atom stereocenters. The molecule has 0 aromatic heterocycles.